The molecule has 1 N–H and O–H groups in total. The number of carboxylic acid groups (broad SMARTS) is 1. The molecule has 0 saturated heterocycles. The SMILES string of the molecule is CCCN(CC(F)(F)F)c1nc(Cl)ccc1C(=O)O. The van der Waals surface area contributed by atoms with E-state index < -0.39 is 18.7 Å². The molecule has 0 unspecified atom stereocenters. The van der Waals surface area contributed by atoms with Gasteiger partial charge in [0.1, 0.15) is 23.1 Å². The number of carbonyl (C=O) groups is 1. The fourth-order valence-electron chi connectivity index (χ4n) is 1.58. The van der Waals surface area contributed by atoms with Crippen molar-refractivity contribution in [2.45, 2.75) is 19.5 Å². The summed E-state index contributed by atoms with van der Waals surface area (Å²) in [7, 11) is 0. The number of nitrogens with zero attached hydrogens (tertiary/aromatic N) is 2. The average Bonchev–Trinajstić information content (AvgIpc) is 2.26. The summed E-state index contributed by atoms with van der Waals surface area (Å²) in [6.07, 6.45) is -4.03. The van der Waals surface area contributed by atoms with E-state index >= 15 is 0 Å². The number of hydrogen-bond donors (Lipinski definition) is 1. The number of rotatable bonds is 5. The third kappa shape index (κ3) is 4.59. The zero-order chi connectivity index (χ0) is 14.6. The molecule has 1 heterocycles. The van der Waals surface area contributed by atoms with E-state index in [-0.39, 0.29) is 23.1 Å². The summed E-state index contributed by atoms with van der Waals surface area (Å²) in [6, 6.07) is 2.37. The Morgan fingerprint density at radius 3 is 2.58 bits per heavy atom. The summed E-state index contributed by atoms with van der Waals surface area (Å²) < 4.78 is 37.5. The first-order chi connectivity index (χ1) is 8.74. The van der Waals surface area contributed by atoms with Crippen LogP contribution in [0.2, 0.25) is 5.15 Å². The molecule has 0 aliphatic carbocycles. The number of halogens is 4. The van der Waals surface area contributed by atoms with Crippen molar-refractivity contribution in [2.24, 2.45) is 0 Å². The van der Waals surface area contributed by atoms with Gasteiger partial charge in [0.05, 0.1) is 0 Å². The summed E-state index contributed by atoms with van der Waals surface area (Å²) in [5, 5.41) is 8.93. The third-order valence-electron chi connectivity index (χ3n) is 2.23. The first-order valence-corrected chi connectivity index (χ1v) is 5.84. The zero-order valence-electron chi connectivity index (χ0n) is 10.0. The predicted octanol–water partition coefficient (Wildman–Crippen LogP) is 3.21. The van der Waals surface area contributed by atoms with E-state index in [1.54, 1.807) is 6.92 Å². The normalized spacial score (nSPS) is 11.4. The van der Waals surface area contributed by atoms with Gasteiger partial charge in [0, 0.05) is 6.54 Å². The maximum Gasteiger partial charge on any atom is 0.405 e. The fourth-order valence-corrected chi connectivity index (χ4v) is 1.72. The molecular formula is C11H12ClF3N2O2. The molecule has 0 amide bonds. The molecule has 4 nitrogen and oxygen atoms in total. The summed E-state index contributed by atoms with van der Waals surface area (Å²) >= 11 is 5.63. The van der Waals surface area contributed by atoms with Gasteiger partial charge in [-0.05, 0) is 18.6 Å². The van der Waals surface area contributed by atoms with Crippen molar-refractivity contribution in [2.75, 3.05) is 18.0 Å². The lowest BCUT2D eigenvalue weighted by atomic mass is 10.2. The van der Waals surface area contributed by atoms with E-state index in [1.165, 1.54) is 6.07 Å². The lowest BCUT2D eigenvalue weighted by Crippen LogP contribution is -2.36. The summed E-state index contributed by atoms with van der Waals surface area (Å²) in [5.41, 5.74) is -0.304. The van der Waals surface area contributed by atoms with Gasteiger partial charge in [-0.15, -0.1) is 0 Å². The highest BCUT2D eigenvalue weighted by Crippen LogP contribution is 2.25. The number of carboxylic acids is 1. The lowest BCUT2D eigenvalue weighted by Gasteiger charge is -2.25. The molecule has 0 aromatic carbocycles. The van der Waals surface area contributed by atoms with Gasteiger partial charge in [0.25, 0.3) is 0 Å². The van der Waals surface area contributed by atoms with Crippen LogP contribution in [0, 0.1) is 0 Å². The maximum absolute atomic E-state index is 12.5. The Labute approximate surface area is 112 Å². The molecule has 8 heteroatoms. The van der Waals surface area contributed by atoms with Crippen LogP contribution in [-0.4, -0.2) is 35.3 Å². The second kappa shape index (κ2) is 6.10. The van der Waals surface area contributed by atoms with Crippen LogP contribution in [0.15, 0.2) is 12.1 Å². The number of anilines is 1. The number of pyridine rings is 1. The monoisotopic (exact) mass is 296 g/mol. The fraction of sp³-hybridized carbons (Fsp3) is 0.455. The molecule has 106 valence electrons. The highest BCUT2D eigenvalue weighted by Gasteiger charge is 2.32. The minimum atomic E-state index is -4.45. The second-order valence-corrected chi connectivity index (χ2v) is 4.23. The standard InChI is InChI=1S/C11H12ClF3N2O2/c1-2-5-17(6-11(13,14)15)9-7(10(18)19)3-4-8(12)16-9/h3-4H,2,5-6H2,1H3,(H,18,19). The van der Waals surface area contributed by atoms with Crippen LogP contribution in [-0.2, 0) is 0 Å². The van der Waals surface area contributed by atoms with E-state index in [0.717, 1.165) is 11.0 Å². The molecule has 1 aromatic heterocycles. The molecule has 1 rings (SSSR count). The van der Waals surface area contributed by atoms with Gasteiger partial charge in [0.15, 0.2) is 0 Å². The molecule has 0 atom stereocenters. The van der Waals surface area contributed by atoms with Gasteiger partial charge in [-0.3, -0.25) is 0 Å². The van der Waals surface area contributed by atoms with Crippen LogP contribution >= 0.6 is 11.6 Å². The van der Waals surface area contributed by atoms with Crippen LogP contribution < -0.4 is 4.90 Å². The van der Waals surface area contributed by atoms with Gasteiger partial charge in [0.2, 0.25) is 0 Å². The van der Waals surface area contributed by atoms with E-state index in [9.17, 15) is 18.0 Å². The average molecular weight is 297 g/mol. The number of aromatic carboxylic acids is 1. The Morgan fingerprint density at radius 2 is 2.11 bits per heavy atom. The van der Waals surface area contributed by atoms with Crippen molar-refractivity contribution in [1.82, 2.24) is 4.98 Å². The highest BCUT2D eigenvalue weighted by molar-refractivity contribution is 6.29. The van der Waals surface area contributed by atoms with Gasteiger partial charge in [-0.1, -0.05) is 18.5 Å². The first kappa shape index (κ1) is 15.6. The van der Waals surface area contributed by atoms with E-state index in [1.807, 2.05) is 0 Å². The second-order valence-electron chi connectivity index (χ2n) is 3.85. The van der Waals surface area contributed by atoms with E-state index in [0.29, 0.717) is 6.42 Å². The van der Waals surface area contributed by atoms with E-state index in [4.69, 9.17) is 16.7 Å². The minimum Gasteiger partial charge on any atom is -0.478 e. The zero-order valence-corrected chi connectivity index (χ0v) is 10.8. The van der Waals surface area contributed by atoms with Crippen molar-refractivity contribution in [3.63, 3.8) is 0 Å². The molecule has 0 aliphatic rings. The Kier molecular flexibility index (Phi) is 4.99. The van der Waals surface area contributed by atoms with Crippen LogP contribution in [0.4, 0.5) is 19.0 Å². The smallest absolute Gasteiger partial charge is 0.405 e. The number of alkyl halides is 3. The predicted molar refractivity (Wildman–Crippen MR) is 64.8 cm³/mol. The Morgan fingerprint density at radius 1 is 1.47 bits per heavy atom. The van der Waals surface area contributed by atoms with Gasteiger partial charge >= 0.3 is 12.1 Å². The van der Waals surface area contributed by atoms with E-state index in [2.05, 4.69) is 4.98 Å². The summed E-state index contributed by atoms with van der Waals surface area (Å²) in [5.74, 6) is -1.61. The maximum atomic E-state index is 12.5. The van der Waals surface area contributed by atoms with Crippen molar-refractivity contribution >= 4 is 23.4 Å². The summed E-state index contributed by atoms with van der Waals surface area (Å²) in [6.45, 7) is 0.454. The first-order valence-electron chi connectivity index (χ1n) is 5.46. The molecule has 0 bridgehead atoms. The van der Waals surface area contributed by atoms with Crippen molar-refractivity contribution < 1.29 is 23.1 Å². The molecule has 0 aliphatic heterocycles. The molecular weight excluding hydrogens is 285 g/mol. The molecule has 0 saturated carbocycles. The van der Waals surface area contributed by atoms with Gasteiger partial charge in [-0.2, -0.15) is 13.2 Å². The summed E-state index contributed by atoms with van der Waals surface area (Å²) in [4.78, 5) is 15.6. The van der Waals surface area contributed by atoms with Crippen molar-refractivity contribution in [3.05, 3.63) is 22.8 Å². The number of hydrogen-bond acceptors (Lipinski definition) is 3. The van der Waals surface area contributed by atoms with Crippen LogP contribution in [0.3, 0.4) is 0 Å². The third-order valence-corrected chi connectivity index (χ3v) is 2.45. The van der Waals surface area contributed by atoms with Gasteiger partial charge in [-0.25, -0.2) is 9.78 Å². The molecule has 0 spiro atoms. The quantitative estimate of drug-likeness (QED) is 0.848. The topological polar surface area (TPSA) is 53.4 Å². The molecule has 1 aromatic rings. The van der Waals surface area contributed by atoms with Gasteiger partial charge < -0.3 is 10.0 Å². The van der Waals surface area contributed by atoms with Crippen molar-refractivity contribution in [3.8, 4) is 0 Å². The van der Waals surface area contributed by atoms with Crippen LogP contribution in [0.1, 0.15) is 23.7 Å². The minimum absolute atomic E-state index is 0.0349. The molecule has 19 heavy (non-hydrogen) atoms. The Bertz CT molecular complexity index is 466. The Balaban J connectivity index is 3.20. The van der Waals surface area contributed by atoms with Crippen LogP contribution in [0.25, 0.3) is 0 Å². The van der Waals surface area contributed by atoms with Crippen molar-refractivity contribution in [1.29, 1.82) is 0 Å². The number of aromatic nitrogens is 1. The molecule has 0 fully saturated rings. The lowest BCUT2D eigenvalue weighted by molar-refractivity contribution is -0.119. The largest absolute Gasteiger partial charge is 0.478 e. The Hall–Kier alpha value is -1.50. The highest BCUT2D eigenvalue weighted by atomic mass is 35.5. The molecule has 0 radical (unpaired) electrons. The van der Waals surface area contributed by atoms with Crippen LogP contribution in [0.5, 0.6) is 0 Å².